The second-order valence-corrected chi connectivity index (χ2v) is 2.74. The molecule has 0 saturated carbocycles. The third-order valence-corrected chi connectivity index (χ3v) is 1.80. The Kier molecular flexibility index (Phi) is 1.90. The predicted molar refractivity (Wildman–Crippen MR) is 47.8 cm³/mol. The van der Waals surface area contributed by atoms with Crippen LogP contribution in [0.15, 0.2) is 42.6 Å². The highest BCUT2D eigenvalue weighted by Crippen LogP contribution is 2.04. The number of nitrogens with one attached hydrogen (secondary N) is 1. The molecule has 0 amide bonds. The maximum atomic E-state index is 3.89. The Labute approximate surface area is 71.3 Å². The molecule has 0 saturated heterocycles. The van der Waals surface area contributed by atoms with Crippen molar-refractivity contribution in [1.29, 1.82) is 0 Å². The first-order valence-corrected chi connectivity index (χ1v) is 3.97. The van der Waals surface area contributed by atoms with E-state index in [1.165, 1.54) is 5.56 Å². The number of H-pyrrole nitrogens is 1. The van der Waals surface area contributed by atoms with E-state index in [1.54, 1.807) is 6.20 Å². The monoisotopic (exact) mass is 158 g/mol. The summed E-state index contributed by atoms with van der Waals surface area (Å²) in [7, 11) is 0. The van der Waals surface area contributed by atoms with Gasteiger partial charge in [-0.2, -0.15) is 5.10 Å². The Morgan fingerprint density at radius 2 is 1.92 bits per heavy atom. The quantitative estimate of drug-likeness (QED) is 0.711. The van der Waals surface area contributed by atoms with Crippen molar-refractivity contribution in [3.8, 4) is 0 Å². The SMILES string of the molecule is c1ccc(Cc2ccn[nH]2)cc1. The highest BCUT2D eigenvalue weighted by Gasteiger charge is 1.94. The average molecular weight is 158 g/mol. The van der Waals surface area contributed by atoms with Gasteiger partial charge in [0.2, 0.25) is 0 Å². The number of hydrogen-bond acceptors (Lipinski definition) is 1. The predicted octanol–water partition coefficient (Wildman–Crippen LogP) is 2.00. The Morgan fingerprint density at radius 1 is 1.08 bits per heavy atom. The summed E-state index contributed by atoms with van der Waals surface area (Å²) in [4.78, 5) is 0. The van der Waals surface area contributed by atoms with Gasteiger partial charge in [-0.3, -0.25) is 5.10 Å². The maximum absolute atomic E-state index is 3.89. The molecular weight excluding hydrogens is 148 g/mol. The number of aromatic amines is 1. The molecule has 0 spiro atoms. The van der Waals surface area contributed by atoms with Crippen LogP contribution in [0.1, 0.15) is 11.3 Å². The lowest BCUT2D eigenvalue weighted by atomic mass is 10.1. The molecule has 2 rings (SSSR count). The summed E-state index contributed by atoms with van der Waals surface area (Å²) >= 11 is 0. The van der Waals surface area contributed by atoms with Crippen LogP contribution < -0.4 is 0 Å². The van der Waals surface area contributed by atoms with Crippen LogP contribution in [-0.4, -0.2) is 10.2 Å². The molecule has 1 heterocycles. The van der Waals surface area contributed by atoms with E-state index in [-0.39, 0.29) is 0 Å². The summed E-state index contributed by atoms with van der Waals surface area (Å²) in [5, 5.41) is 6.83. The van der Waals surface area contributed by atoms with Gasteiger partial charge in [0.25, 0.3) is 0 Å². The summed E-state index contributed by atoms with van der Waals surface area (Å²) in [6, 6.07) is 12.3. The van der Waals surface area contributed by atoms with E-state index in [0.29, 0.717) is 0 Å². The van der Waals surface area contributed by atoms with Crippen molar-refractivity contribution in [3.63, 3.8) is 0 Å². The van der Waals surface area contributed by atoms with Gasteiger partial charge >= 0.3 is 0 Å². The molecule has 12 heavy (non-hydrogen) atoms. The Morgan fingerprint density at radius 3 is 2.58 bits per heavy atom. The van der Waals surface area contributed by atoms with Gasteiger partial charge in [-0.25, -0.2) is 0 Å². The van der Waals surface area contributed by atoms with Crippen molar-refractivity contribution in [3.05, 3.63) is 53.9 Å². The van der Waals surface area contributed by atoms with Crippen molar-refractivity contribution < 1.29 is 0 Å². The molecule has 1 aromatic carbocycles. The van der Waals surface area contributed by atoms with Gasteiger partial charge in [-0.15, -0.1) is 0 Å². The normalized spacial score (nSPS) is 10.0. The van der Waals surface area contributed by atoms with E-state index in [4.69, 9.17) is 0 Å². The molecule has 1 N–H and O–H groups in total. The van der Waals surface area contributed by atoms with E-state index < -0.39 is 0 Å². The molecule has 0 bridgehead atoms. The minimum Gasteiger partial charge on any atom is -0.282 e. The lowest BCUT2D eigenvalue weighted by Gasteiger charge is -1.96. The molecule has 0 atom stereocenters. The zero-order chi connectivity index (χ0) is 8.23. The first-order valence-electron chi connectivity index (χ1n) is 3.97. The van der Waals surface area contributed by atoms with Crippen LogP contribution in [-0.2, 0) is 6.42 Å². The van der Waals surface area contributed by atoms with Crippen molar-refractivity contribution in [2.45, 2.75) is 6.42 Å². The van der Waals surface area contributed by atoms with Gasteiger partial charge < -0.3 is 0 Å². The maximum Gasteiger partial charge on any atom is 0.0490 e. The first kappa shape index (κ1) is 7.10. The summed E-state index contributed by atoms with van der Waals surface area (Å²) in [6.07, 6.45) is 2.71. The minimum absolute atomic E-state index is 0.931. The largest absolute Gasteiger partial charge is 0.282 e. The average Bonchev–Trinajstić information content (AvgIpc) is 2.59. The molecule has 2 heteroatoms. The molecule has 60 valence electrons. The fraction of sp³-hybridized carbons (Fsp3) is 0.100. The van der Waals surface area contributed by atoms with Crippen molar-refractivity contribution in [2.24, 2.45) is 0 Å². The standard InChI is InChI=1S/C10H10N2/c1-2-4-9(5-3-1)8-10-6-7-11-12-10/h1-7H,8H2,(H,11,12). The second-order valence-electron chi connectivity index (χ2n) is 2.74. The van der Waals surface area contributed by atoms with Crippen LogP contribution >= 0.6 is 0 Å². The zero-order valence-electron chi connectivity index (χ0n) is 6.70. The first-order chi connectivity index (χ1) is 5.95. The molecule has 2 nitrogen and oxygen atoms in total. The van der Waals surface area contributed by atoms with Gasteiger partial charge in [0.05, 0.1) is 0 Å². The second kappa shape index (κ2) is 3.22. The lowest BCUT2D eigenvalue weighted by Crippen LogP contribution is -1.86. The highest BCUT2D eigenvalue weighted by atomic mass is 15.1. The fourth-order valence-electron chi connectivity index (χ4n) is 1.20. The van der Waals surface area contributed by atoms with Crippen molar-refractivity contribution in [2.75, 3.05) is 0 Å². The van der Waals surface area contributed by atoms with Crippen molar-refractivity contribution >= 4 is 0 Å². The van der Waals surface area contributed by atoms with Crippen molar-refractivity contribution in [1.82, 2.24) is 10.2 Å². The van der Waals surface area contributed by atoms with Crippen LogP contribution in [0, 0.1) is 0 Å². The molecule has 2 aromatic rings. The molecule has 0 fully saturated rings. The van der Waals surface area contributed by atoms with Gasteiger partial charge in [0, 0.05) is 18.3 Å². The fourth-order valence-corrected chi connectivity index (χ4v) is 1.20. The van der Waals surface area contributed by atoms with Crippen LogP contribution in [0.25, 0.3) is 0 Å². The van der Waals surface area contributed by atoms with Gasteiger partial charge in [0.1, 0.15) is 0 Å². The summed E-state index contributed by atoms with van der Waals surface area (Å²) in [5.41, 5.74) is 2.46. The third-order valence-electron chi connectivity index (χ3n) is 1.80. The lowest BCUT2D eigenvalue weighted by molar-refractivity contribution is 0.996. The van der Waals surface area contributed by atoms with Crippen LogP contribution in [0.5, 0.6) is 0 Å². The van der Waals surface area contributed by atoms with E-state index in [9.17, 15) is 0 Å². The van der Waals surface area contributed by atoms with Crippen LogP contribution in [0.4, 0.5) is 0 Å². The third kappa shape index (κ3) is 1.53. The smallest absolute Gasteiger partial charge is 0.0490 e. The number of rotatable bonds is 2. The molecule has 0 unspecified atom stereocenters. The Hall–Kier alpha value is -1.57. The number of hydrogen-bond donors (Lipinski definition) is 1. The summed E-state index contributed by atoms with van der Waals surface area (Å²) in [5.74, 6) is 0. The Balaban J connectivity index is 2.15. The molecule has 0 aliphatic rings. The van der Waals surface area contributed by atoms with Gasteiger partial charge in [-0.1, -0.05) is 30.3 Å². The van der Waals surface area contributed by atoms with E-state index in [0.717, 1.165) is 12.1 Å². The highest BCUT2D eigenvalue weighted by molar-refractivity contribution is 5.20. The van der Waals surface area contributed by atoms with E-state index in [2.05, 4.69) is 22.3 Å². The van der Waals surface area contributed by atoms with Gasteiger partial charge in [0.15, 0.2) is 0 Å². The molecule has 0 aliphatic heterocycles. The van der Waals surface area contributed by atoms with Crippen LogP contribution in [0.2, 0.25) is 0 Å². The number of benzene rings is 1. The topological polar surface area (TPSA) is 28.7 Å². The van der Waals surface area contributed by atoms with E-state index in [1.807, 2.05) is 24.3 Å². The molecule has 0 aliphatic carbocycles. The Bertz CT molecular complexity index is 324. The minimum atomic E-state index is 0.931. The number of nitrogens with zero attached hydrogens (tertiary/aromatic N) is 1. The summed E-state index contributed by atoms with van der Waals surface area (Å²) < 4.78 is 0. The van der Waals surface area contributed by atoms with E-state index >= 15 is 0 Å². The molecule has 0 radical (unpaired) electrons. The molecular formula is C10H10N2. The summed E-state index contributed by atoms with van der Waals surface area (Å²) in [6.45, 7) is 0. The number of aromatic nitrogens is 2. The molecule has 1 aromatic heterocycles. The zero-order valence-corrected chi connectivity index (χ0v) is 6.70. The van der Waals surface area contributed by atoms with Crippen LogP contribution in [0.3, 0.4) is 0 Å². The van der Waals surface area contributed by atoms with Gasteiger partial charge in [-0.05, 0) is 11.6 Å².